The first-order valence-electron chi connectivity index (χ1n) is 5.62. The maximum Gasteiger partial charge on any atom is 0.120 e. The molecule has 94 valence electrons. The highest BCUT2D eigenvalue weighted by Crippen LogP contribution is 2.20. The van der Waals surface area contributed by atoms with Crippen molar-refractivity contribution in [1.82, 2.24) is 0 Å². The number of para-hydroxylation sites is 1. The van der Waals surface area contributed by atoms with Crippen molar-refractivity contribution >= 4 is 28.9 Å². The van der Waals surface area contributed by atoms with E-state index < -0.39 is 0 Å². The van der Waals surface area contributed by atoms with E-state index in [1.165, 1.54) is 0 Å². The van der Waals surface area contributed by atoms with E-state index in [-0.39, 0.29) is 0 Å². The van der Waals surface area contributed by atoms with Gasteiger partial charge in [0.05, 0.1) is 10.7 Å². The number of hydrogen-bond acceptors (Lipinski definition) is 2. The van der Waals surface area contributed by atoms with Crippen LogP contribution in [-0.2, 0) is 0 Å². The van der Waals surface area contributed by atoms with Gasteiger partial charge in [0.25, 0.3) is 0 Å². The third kappa shape index (κ3) is 3.83. The lowest BCUT2D eigenvalue weighted by molar-refractivity contribution is 0.333. The fourth-order valence-electron chi connectivity index (χ4n) is 1.52. The molecule has 2 rings (SSSR count). The van der Waals surface area contributed by atoms with Crippen molar-refractivity contribution in [2.45, 2.75) is 0 Å². The standard InChI is InChI=1S/C14H13Cl2NO/c15-11-4-3-5-12(10-11)18-9-8-17-14-7-2-1-6-13(14)16/h1-7,10,17H,8-9H2. The van der Waals surface area contributed by atoms with Gasteiger partial charge < -0.3 is 10.1 Å². The smallest absolute Gasteiger partial charge is 0.120 e. The average molecular weight is 282 g/mol. The SMILES string of the molecule is Clc1cccc(OCCNc2ccccc2Cl)c1. The summed E-state index contributed by atoms with van der Waals surface area (Å²) in [6.07, 6.45) is 0. The lowest BCUT2D eigenvalue weighted by Crippen LogP contribution is -2.11. The summed E-state index contributed by atoms with van der Waals surface area (Å²) in [5, 5.41) is 4.59. The zero-order valence-corrected chi connectivity index (χ0v) is 11.2. The highest BCUT2D eigenvalue weighted by Gasteiger charge is 1.98. The fourth-order valence-corrected chi connectivity index (χ4v) is 1.90. The highest BCUT2D eigenvalue weighted by molar-refractivity contribution is 6.33. The van der Waals surface area contributed by atoms with Gasteiger partial charge in [-0.3, -0.25) is 0 Å². The first-order valence-corrected chi connectivity index (χ1v) is 6.38. The molecular formula is C14H13Cl2NO. The molecule has 1 N–H and O–H groups in total. The van der Waals surface area contributed by atoms with E-state index in [0.717, 1.165) is 11.4 Å². The molecule has 2 aromatic carbocycles. The van der Waals surface area contributed by atoms with Crippen LogP contribution in [-0.4, -0.2) is 13.2 Å². The Labute approximate surface area is 116 Å². The third-order valence-corrected chi connectivity index (χ3v) is 2.92. The molecule has 2 nitrogen and oxygen atoms in total. The van der Waals surface area contributed by atoms with Crippen molar-refractivity contribution in [2.24, 2.45) is 0 Å². The lowest BCUT2D eigenvalue weighted by Gasteiger charge is -2.09. The monoisotopic (exact) mass is 281 g/mol. The van der Waals surface area contributed by atoms with E-state index in [2.05, 4.69) is 5.32 Å². The van der Waals surface area contributed by atoms with Crippen molar-refractivity contribution in [3.8, 4) is 5.75 Å². The third-order valence-electron chi connectivity index (χ3n) is 2.36. The van der Waals surface area contributed by atoms with Gasteiger partial charge in [0.2, 0.25) is 0 Å². The molecule has 0 radical (unpaired) electrons. The second-order valence-electron chi connectivity index (χ2n) is 3.71. The van der Waals surface area contributed by atoms with Gasteiger partial charge in [-0.1, -0.05) is 41.4 Å². The van der Waals surface area contributed by atoms with Crippen LogP contribution in [0.2, 0.25) is 10.0 Å². The Balaban J connectivity index is 1.78. The Kier molecular flexibility index (Phi) is 4.73. The van der Waals surface area contributed by atoms with E-state index in [9.17, 15) is 0 Å². The van der Waals surface area contributed by atoms with Gasteiger partial charge in [-0.05, 0) is 30.3 Å². The quantitative estimate of drug-likeness (QED) is 0.816. The van der Waals surface area contributed by atoms with Crippen molar-refractivity contribution in [3.63, 3.8) is 0 Å². The first kappa shape index (κ1) is 13.1. The molecule has 0 heterocycles. The molecule has 0 atom stereocenters. The zero-order valence-electron chi connectivity index (χ0n) is 9.70. The molecule has 0 bridgehead atoms. The number of halogens is 2. The molecular weight excluding hydrogens is 269 g/mol. The summed E-state index contributed by atoms with van der Waals surface area (Å²) in [6, 6.07) is 15.0. The topological polar surface area (TPSA) is 21.3 Å². The summed E-state index contributed by atoms with van der Waals surface area (Å²) in [7, 11) is 0. The van der Waals surface area contributed by atoms with Crippen molar-refractivity contribution in [3.05, 3.63) is 58.6 Å². The van der Waals surface area contributed by atoms with Gasteiger partial charge in [-0.25, -0.2) is 0 Å². The summed E-state index contributed by atoms with van der Waals surface area (Å²) in [4.78, 5) is 0. The normalized spacial score (nSPS) is 10.1. The summed E-state index contributed by atoms with van der Waals surface area (Å²) in [6.45, 7) is 1.22. The predicted molar refractivity (Wildman–Crippen MR) is 76.9 cm³/mol. The number of hydrogen-bond donors (Lipinski definition) is 1. The van der Waals surface area contributed by atoms with E-state index in [1.807, 2.05) is 42.5 Å². The Bertz CT molecular complexity index is 517. The van der Waals surface area contributed by atoms with Gasteiger partial charge in [0.15, 0.2) is 0 Å². The lowest BCUT2D eigenvalue weighted by atomic mass is 10.3. The van der Waals surface area contributed by atoms with E-state index in [1.54, 1.807) is 6.07 Å². The van der Waals surface area contributed by atoms with Crippen molar-refractivity contribution in [2.75, 3.05) is 18.5 Å². The van der Waals surface area contributed by atoms with Crippen LogP contribution in [0.4, 0.5) is 5.69 Å². The van der Waals surface area contributed by atoms with Gasteiger partial charge in [0.1, 0.15) is 12.4 Å². The number of benzene rings is 2. The van der Waals surface area contributed by atoms with Gasteiger partial charge >= 0.3 is 0 Å². The van der Waals surface area contributed by atoms with E-state index in [0.29, 0.717) is 23.2 Å². The highest BCUT2D eigenvalue weighted by atomic mass is 35.5. The minimum absolute atomic E-state index is 0.547. The fraction of sp³-hybridized carbons (Fsp3) is 0.143. The van der Waals surface area contributed by atoms with Crippen molar-refractivity contribution < 1.29 is 4.74 Å². The van der Waals surface area contributed by atoms with E-state index in [4.69, 9.17) is 27.9 Å². The van der Waals surface area contributed by atoms with Crippen LogP contribution in [0, 0.1) is 0 Å². The first-order chi connectivity index (χ1) is 8.75. The molecule has 0 aliphatic rings. The van der Waals surface area contributed by atoms with E-state index >= 15 is 0 Å². The molecule has 0 spiro atoms. The molecule has 0 aliphatic carbocycles. The molecule has 2 aromatic rings. The molecule has 0 aliphatic heterocycles. The Hall–Kier alpha value is -1.38. The minimum atomic E-state index is 0.547. The van der Waals surface area contributed by atoms with Crippen LogP contribution in [0.15, 0.2) is 48.5 Å². The molecule has 0 unspecified atom stereocenters. The molecule has 0 fully saturated rings. The van der Waals surface area contributed by atoms with Gasteiger partial charge in [-0.15, -0.1) is 0 Å². The summed E-state index contributed by atoms with van der Waals surface area (Å²) < 4.78 is 5.56. The average Bonchev–Trinajstić information content (AvgIpc) is 2.37. The van der Waals surface area contributed by atoms with Crippen molar-refractivity contribution in [1.29, 1.82) is 0 Å². The number of ether oxygens (including phenoxy) is 1. The second-order valence-corrected chi connectivity index (χ2v) is 4.56. The molecule has 18 heavy (non-hydrogen) atoms. The molecule has 4 heteroatoms. The molecule has 0 saturated carbocycles. The second kappa shape index (κ2) is 6.53. The van der Waals surface area contributed by atoms with Crippen LogP contribution in [0.3, 0.4) is 0 Å². The summed E-state index contributed by atoms with van der Waals surface area (Å²) >= 11 is 11.9. The minimum Gasteiger partial charge on any atom is -0.492 e. The Morgan fingerprint density at radius 3 is 2.61 bits per heavy atom. The van der Waals surface area contributed by atoms with Gasteiger partial charge in [-0.2, -0.15) is 0 Å². The maximum absolute atomic E-state index is 6.02. The molecule has 0 saturated heterocycles. The van der Waals surface area contributed by atoms with Crippen LogP contribution in [0.5, 0.6) is 5.75 Å². The van der Waals surface area contributed by atoms with Crippen LogP contribution in [0.1, 0.15) is 0 Å². The summed E-state index contributed by atoms with van der Waals surface area (Å²) in [5.74, 6) is 0.767. The number of anilines is 1. The molecule has 0 amide bonds. The maximum atomic E-state index is 6.02. The Morgan fingerprint density at radius 1 is 1.00 bits per heavy atom. The number of nitrogens with one attached hydrogen (secondary N) is 1. The predicted octanol–water partition coefficient (Wildman–Crippen LogP) is 4.48. The zero-order chi connectivity index (χ0) is 12.8. The van der Waals surface area contributed by atoms with Crippen LogP contribution >= 0.6 is 23.2 Å². The van der Waals surface area contributed by atoms with Gasteiger partial charge in [0, 0.05) is 11.6 Å². The van der Waals surface area contributed by atoms with Crippen LogP contribution < -0.4 is 10.1 Å². The largest absolute Gasteiger partial charge is 0.492 e. The van der Waals surface area contributed by atoms with Crippen LogP contribution in [0.25, 0.3) is 0 Å². The number of rotatable bonds is 5. The molecule has 0 aromatic heterocycles. The Morgan fingerprint density at radius 2 is 1.83 bits per heavy atom. The summed E-state index contributed by atoms with van der Waals surface area (Å²) in [5.41, 5.74) is 0.911.